The number of para-hydroxylation sites is 1. The molecule has 0 aliphatic carbocycles. The van der Waals surface area contributed by atoms with Crippen LogP contribution in [-0.2, 0) is 9.47 Å². The normalized spacial score (nSPS) is 21.5. The Hall–Kier alpha value is -2.86. The van der Waals surface area contributed by atoms with E-state index in [2.05, 4.69) is 20.2 Å². The standard InChI is InChI=1S/C24H30N6O4S/c1-16-21(35-17(2)26-16)23(31)28-24(34-11-5-8-29-9-12-33-13-10-29)14-30-15-25-20-18(22(30)27-24)6-4-7-19(20)32-3/h4,6-7,15H,5,8-14H2,1-3H3,(H,28,31). The van der Waals surface area contributed by atoms with Crippen molar-refractivity contribution in [3.63, 3.8) is 0 Å². The second-order valence-corrected chi connectivity index (χ2v) is 9.91. The number of thiazole rings is 1. The number of morpholine rings is 1. The summed E-state index contributed by atoms with van der Waals surface area (Å²) < 4.78 is 17.3. The van der Waals surface area contributed by atoms with Crippen LogP contribution >= 0.6 is 11.3 Å². The van der Waals surface area contributed by atoms with Crippen LogP contribution in [0.25, 0.3) is 0 Å². The number of aliphatic imine (C=N–C) groups is 2. The Bertz CT molecular complexity index is 1160. The molecule has 0 radical (unpaired) electrons. The predicted molar refractivity (Wildman–Crippen MR) is 134 cm³/mol. The summed E-state index contributed by atoms with van der Waals surface area (Å²) in [6.45, 7) is 8.79. The maximum atomic E-state index is 13.3. The maximum absolute atomic E-state index is 13.3. The Kier molecular flexibility index (Phi) is 6.83. The number of rotatable bonds is 8. The Morgan fingerprint density at radius 2 is 2.11 bits per heavy atom. The molecular formula is C24H30N6O4S. The zero-order valence-corrected chi connectivity index (χ0v) is 21.1. The first kappa shape index (κ1) is 23.9. The van der Waals surface area contributed by atoms with Crippen LogP contribution in [0.2, 0.25) is 0 Å². The minimum atomic E-state index is -1.24. The number of nitrogens with one attached hydrogen (secondary N) is 1. The summed E-state index contributed by atoms with van der Waals surface area (Å²) in [5.41, 5.74) is 2.26. The van der Waals surface area contributed by atoms with Crippen molar-refractivity contribution < 1.29 is 19.0 Å². The molecule has 1 unspecified atom stereocenters. The Labute approximate surface area is 208 Å². The van der Waals surface area contributed by atoms with Gasteiger partial charge in [0, 0.05) is 25.2 Å². The van der Waals surface area contributed by atoms with Crippen LogP contribution < -0.4 is 10.1 Å². The molecule has 1 saturated heterocycles. The second kappa shape index (κ2) is 10.0. The van der Waals surface area contributed by atoms with Gasteiger partial charge < -0.3 is 24.4 Å². The summed E-state index contributed by atoms with van der Waals surface area (Å²) in [6, 6.07) is 5.73. The van der Waals surface area contributed by atoms with Gasteiger partial charge >= 0.3 is 0 Å². The van der Waals surface area contributed by atoms with Crippen LogP contribution in [0, 0.1) is 13.8 Å². The number of carbonyl (C=O) groups is 1. The van der Waals surface area contributed by atoms with Gasteiger partial charge in [-0.05, 0) is 32.4 Å². The highest BCUT2D eigenvalue weighted by Crippen LogP contribution is 2.37. The highest BCUT2D eigenvalue weighted by molar-refractivity contribution is 7.13. The fourth-order valence-corrected chi connectivity index (χ4v) is 5.34. The number of hydrogen-bond donors (Lipinski definition) is 1. The van der Waals surface area contributed by atoms with Gasteiger partial charge in [0.2, 0.25) is 0 Å². The van der Waals surface area contributed by atoms with Gasteiger partial charge in [-0.25, -0.2) is 15.0 Å². The predicted octanol–water partition coefficient (Wildman–Crippen LogP) is 2.33. The van der Waals surface area contributed by atoms with E-state index >= 15 is 0 Å². The van der Waals surface area contributed by atoms with Crippen molar-refractivity contribution in [2.75, 3.05) is 53.1 Å². The van der Waals surface area contributed by atoms with Crippen LogP contribution in [-0.4, -0.2) is 91.8 Å². The van der Waals surface area contributed by atoms with Crippen molar-refractivity contribution in [1.82, 2.24) is 20.1 Å². The number of amides is 1. The molecule has 1 fully saturated rings. The first-order chi connectivity index (χ1) is 17.0. The lowest BCUT2D eigenvalue weighted by atomic mass is 10.1. The fraction of sp³-hybridized carbons (Fsp3) is 0.500. The third-order valence-electron chi connectivity index (χ3n) is 6.21. The lowest BCUT2D eigenvalue weighted by molar-refractivity contribution is -0.0579. The van der Waals surface area contributed by atoms with E-state index in [1.165, 1.54) is 11.3 Å². The zero-order valence-electron chi connectivity index (χ0n) is 20.2. The van der Waals surface area contributed by atoms with E-state index in [0.29, 0.717) is 41.0 Å². The molecule has 5 rings (SSSR count). The van der Waals surface area contributed by atoms with Gasteiger partial charge in [-0.2, -0.15) is 0 Å². The van der Waals surface area contributed by atoms with E-state index in [0.717, 1.165) is 49.8 Å². The summed E-state index contributed by atoms with van der Waals surface area (Å²) in [6.07, 6.45) is 2.54. The van der Waals surface area contributed by atoms with E-state index < -0.39 is 5.85 Å². The minimum absolute atomic E-state index is 0.242. The lowest BCUT2D eigenvalue weighted by Gasteiger charge is -2.29. The molecule has 1 N–H and O–H groups in total. The van der Waals surface area contributed by atoms with Gasteiger partial charge in [0.05, 0.1) is 50.5 Å². The smallest absolute Gasteiger partial charge is 0.267 e. The summed E-state index contributed by atoms with van der Waals surface area (Å²) in [7, 11) is 1.62. The van der Waals surface area contributed by atoms with E-state index in [1.807, 2.05) is 36.9 Å². The number of ether oxygens (including phenoxy) is 3. The summed E-state index contributed by atoms with van der Waals surface area (Å²) >= 11 is 1.37. The number of aromatic nitrogens is 1. The fourth-order valence-electron chi connectivity index (χ4n) is 4.53. The highest BCUT2D eigenvalue weighted by atomic mass is 32.1. The van der Waals surface area contributed by atoms with Crippen molar-refractivity contribution in [2.24, 2.45) is 9.98 Å². The Morgan fingerprint density at radius 3 is 2.86 bits per heavy atom. The molecule has 3 aliphatic heterocycles. The average Bonchev–Trinajstić information content (AvgIpc) is 3.41. The molecule has 4 heterocycles. The molecule has 11 heteroatoms. The first-order valence-electron chi connectivity index (χ1n) is 11.8. The number of fused-ring (bicyclic) bond motifs is 3. The van der Waals surface area contributed by atoms with Crippen LogP contribution in [0.15, 0.2) is 28.2 Å². The second-order valence-electron chi connectivity index (χ2n) is 8.71. The number of benzene rings is 1. The third-order valence-corrected chi connectivity index (χ3v) is 7.28. The van der Waals surface area contributed by atoms with Gasteiger partial charge in [-0.3, -0.25) is 9.69 Å². The number of aryl methyl sites for hydroxylation is 2. The van der Waals surface area contributed by atoms with Gasteiger partial charge in [-0.15, -0.1) is 11.3 Å². The van der Waals surface area contributed by atoms with E-state index in [9.17, 15) is 4.79 Å². The molecule has 0 saturated carbocycles. The van der Waals surface area contributed by atoms with Crippen LogP contribution in [0.5, 0.6) is 5.75 Å². The molecule has 3 aliphatic rings. The lowest BCUT2D eigenvalue weighted by Crippen LogP contribution is -2.53. The van der Waals surface area contributed by atoms with Crippen molar-refractivity contribution in [3.05, 3.63) is 39.3 Å². The monoisotopic (exact) mass is 498 g/mol. The van der Waals surface area contributed by atoms with E-state index in [4.69, 9.17) is 19.2 Å². The topological polar surface area (TPSA) is 101 Å². The molecule has 1 aromatic carbocycles. The average molecular weight is 499 g/mol. The number of nitrogens with zero attached hydrogens (tertiary/aromatic N) is 5. The molecule has 2 aromatic rings. The van der Waals surface area contributed by atoms with E-state index in [-0.39, 0.29) is 5.91 Å². The zero-order chi connectivity index (χ0) is 24.4. The third kappa shape index (κ3) is 4.94. The molecule has 186 valence electrons. The van der Waals surface area contributed by atoms with Crippen molar-refractivity contribution >= 4 is 35.1 Å². The van der Waals surface area contributed by atoms with Gasteiger partial charge in [0.15, 0.2) is 0 Å². The van der Waals surface area contributed by atoms with E-state index in [1.54, 1.807) is 13.4 Å². The number of methoxy groups -OCH3 is 1. The number of amidine groups is 1. The van der Waals surface area contributed by atoms with Gasteiger partial charge in [0.25, 0.3) is 11.8 Å². The molecular weight excluding hydrogens is 468 g/mol. The van der Waals surface area contributed by atoms with Crippen molar-refractivity contribution in [1.29, 1.82) is 0 Å². The van der Waals surface area contributed by atoms with Crippen LogP contribution in [0.3, 0.4) is 0 Å². The van der Waals surface area contributed by atoms with Gasteiger partial charge in [-0.1, -0.05) is 6.07 Å². The molecule has 10 nitrogen and oxygen atoms in total. The van der Waals surface area contributed by atoms with Gasteiger partial charge in [0.1, 0.15) is 22.1 Å². The highest BCUT2D eigenvalue weighted by Gasteiger charge is 2.44. The molecule has 35 heavy (non-hydrogen) atoms. The molecule has 1 aromatic heterocycles. The Balaban J connectivity index is 1.39. The Morgan fingerprint density at radius 1 is 1.29 bits per heavy atom. The number of hydrogen-bond acceptors (Lipinski definition) is 10. The molecule has 0 spiro atoms. The van der Waals surface area contributed by atoms with Crippen molar-refractivity contribution in [2.45, 2.75) is 26.1 Å². The van der Waals surface area contributed by atoms with Crippen molar-refractivity contribution in [3.8, 4) is 5.75 Å². The van der Waals surface area contributed by atoms with Crippen LogP contribution in [0.4, 0.5) is 5.69 Å². The van der Waals surface area contributed by atoms with Crippen LogP contribution in [0.1, 0.15) is 32.4 Å². The first-order valence-corrected chi connectivity index (χ1v) is 12.6. The summed E-state index contributed by atoms with van der Waals surface area (Å²) in [4.78, 5) is 32.0. The SMILES string of the molecule is COc1cccc2c1N=CN1CC(NC(=O)c3sc(C)nc3C)(OCCCN3CCOCC3)N=C21. The molecule has 0 bridgehead atoms. The summed E-state index contributed by atoms with van der Waals surface area (Å²) in [5, 5.41) is 3.91. The number of carbonyl (C=O) groups excluding carboxylic acids is 1. The minimum Gasteiger partial charge on any atom is -0.494 e. The largest absolute Gasteiger partial charge is 0.494 e. The molecule has 1 atom stereocenters. The molecule has 1 amide bonds. The summed E-state index contributed by atoms with van der Waals surface area (Å²) in [5.74, 6) is -0.115. The maximum Gasteiger partial charge on any atom is 0.267 e. The quantitative estimate of drug-likeness (QED) is 0.440.